The van der Waals surface area contributed by atoms with Crippen LogP contribution in [0.1, 0.15) is 25.7 Å². The minimum atomic E-state index is -3.63. The summed E-state index contributed by atoms with van der Waals surface area (Å²) in [5, 5.41) is 0. The Morgan fingerprint density at radius 3 is 2.39 bits per heavy atom. The summed E-state index contributed by atoms with van der Waals surface area (Å²) in [7, 11) is -2.06. The Morgan fingerprint density at radius 2 is 1.70 bits per heavy atom. The zero-order chi connectivity index (χ0) is 23.0. The average Bonchev–Trinajstić information content (AvgIpc) is 3.13. The third kappa shape index (κ3) is 4.42. The molecular formula is C23H28N4O5S. The number of piperidine rings is 2. The van der Waals surface area contributed by atoms with Crippen molar-refractivity contribution in [3.63, 3.8) is 0 Å². The Balaban J connectivity index is 1.18. The Kier molecular flexibility index (Phi) is 5.98. The van der Waals surface area contributed by atoms with Gasteiger partial charge in [0.05, 0.1) is 10.4 Å². The van der Waals surface area contributed by atoms with Gasteiger partial charge < -0.3 is 14.1 Å². The molecule has 0 N–H and O–H groups in total. The standard InChI is InChI=1S/C23H28N4O5S/c1-25-21-16-20(2-3-22(21)32-23(25)28)33(29,30)27-14-6-17(7-15-27)26-12-8-19(9-13-26)31-18-4-10-24-11-5-18/h2-5,10-11,16-17,19H,6-9,12-15H2,1H3. The minimum Gasteiger partial charge on any atom is -0.490 e. The molecule has 0 unspecified atom stereocenters. The van der Waals surface area contributed by atoms with Crippen LogP contribution in [-0.4, -0.2) is 65.5 Å². The number of rotatable bonds is 5. The summed E-state index contributed by atoms with van der Waals surface area (Å²) in [4.78, 5) is 18.4. The van der Waals surface area contributed by atoms with E-state index in [1.54, 1.807) is 29.8 Å². The molecule has 176 valence electrons. The predicted octanol–water partition coefficient (Wildman–Crippen LogP) is 2.22. The molecule has 4 heterocycles. The van der Waals surface area contributed by atoms with E-state index in [1.165, 1.54) is 16.7 Å². The Bertz CT molecular complexity index is 1270. The van der Waals surface area contributed by atoms with Crippen molar-refractivity contribution < 1.29 is 17.6 Å². The van der Waals surface area contributed by atoms with Crippen molar-refractivity contribution in [1.29, 1.82) is 0 Å². The summed E-state index contributed by atoms with van der Waals surface area (Å²) in [6.07, 6.45) is 7.22. The summed E-state index contributed by atoms with van der Waals surface area (Å²) in [6.45, 7) is 2.89. The highest BCUT2D eigenvalue weighted by atomic mass is 32.2. The van der Waals surface area contributed by atoms with Crippen molar-refractivity contribution in [3.8, 4) is 5.75 Å². The second kappa shape index (κ2) is 8.92. The third-order valence-electron chi connectivity index (χ3n) is 6.77. The second-order valence-electron chi connectivity index (χ2n) is 8.73. The van der Waals surface area contributed by atoms with E-state index in [4.69, 9.17) is 9.15 Å². The number of oxazole rings is 1. The number of benzene rings is 1. The first-order valence-corrected chi connectivity index (χ1v) is 12.8. The Hall–Kier alpha value is -2.69. The van der Waals surface area contributed by atoms with Crippen LogP contribution in [0.4, 0.5) is 0 Å². The number of sulfonamides is 1. The summed E-state index contributed by atoms with van der Waals surface area (Å²) < 4.78 is 40.5. The van der Waals surface area contributed by atoms with Crippen molar-refractivity contribution in [2.45, 2.75) is 42.7 Å². The van der Waals surface area contributed by atoms with Gasteiger partial charge in [-0.3, -0.25) is 9.55 Å². The zero-order valence-corrected chi connectivity index (χ0v) is 19.4. The van der Waals surface area contributed by atoms with Gasteiger partial charge in [0.25, 0.3) is 0 Å². The van der Waals surface area contributed by atoms with Gasteiger partial charge in [-0.1, -0.05) is 0 Å². The molecule has 2 fully saturated rings. The molecule has 0 saturated carbocycles. The van der Waals surface area contributed by atoms with Gasteiger partial charge in [-0.15, -0.1) is 0 Å². The number of aromatic nitrogens is 2. The van der Waals surface area contributed by atoms with Crippen LogP contribution in [0, 0.1) is 0 Å². The first kappa shape index (κ1) is 22.1. The summed E-state index contributed by atoms with van der Waals surface area (Å²) >= 11 is 0. The molecule has 0 bridgehead atoms. The molecule has 0 spiro atoms. The molecule has 5 rings (SSSR count). The van der Waals surface area contributed by atoms with Crippen LogP contribution in [0.2, 0.25) is 0 Å². The van der Waals surface area contributed by atoms with Crippen LogP contribution >= 0.6 is 0 Å². The monoisotopic (exact) mass is 472 g/mol. The van der Waals surface area contributed by atoms with Crippen molar-refractivity contribution in [2.75, 3.05) is 26.2 Å². The SMILES string of the molecule is Cn1c(=O)oc2ccc(S(=O)(=O)N3CCC(N4CCC(Oc5ccncc5)CC4)CC3)cc21. The lowest BCUT2D eigenvalue weighted by Crippen LogP contribution is -2.50. The van der Waals surface area contributed by atoms with E-state index in [-0.39, 0.29) is 11.0 Å². The van der Waals surface area contributed by atoms with E-state index in [9.17, 15) is 13.2 Å². The smallest absolute Gasteiger partial charge is 0.419 e. The van der Waals surface area contributed by atoms with E-state index in [2.05, 4.69) is 9.88 Å². The van der Waals surface area contributed by atoms with Gasteiger partial charge in [-0.25, -0.2) is 13.2 Å². The maximum atomic E-state index is 13.2. The van der Waals surface area contributed by atoms with Gasteiger partial charge in [0.15, 0.2) is 5.58 Å². The molecule has 0 amide bonds. The molecule has 10 heteroatoms. The summed E-state index contributed by atoms with van der Waals surface area (Å²) in [6, 6.07) is 8.73. The molecule has 2 aliphatic rings. The number of aryl methyl sites for hydroxylation is 1. The first-order valence-electron chi connectivity index (χ1n) is 11.3. The Morgan fingerprint density at radius 1 is 1.00 bits per heavy atom. The largest absolute Gasteiger partial charge is 0.490 e. The fourth-order valence-electron chi connectivity index (χ4n) is 4.83. The van der Waals surface area contributed by atoms with Crippen LogP contribution in [-0.2, 0) is 17.1 Å². The van der Waals surface area contributed by atoms with Gasteiger partial charge in [-0.2, -0.15) is 4.31 Å². The molecular weight excluding hydrogens is 444 g/mol. The lowest BCUT2D eigenvalue weighted by atomic mass is 10.00. The van der Waals surface area contributed by atoms with Crippen molar-refractivity contribution in [2.24, 2.45) is 7.05 Å². The van der Waals surface area contributed by atoms with Crippen LogP contribution < -0.4 is 10.5 Å². The van der Waals surface area contributed by atoms with E-state index >= 15 is 0 Å². The van der Waals surface area contributed by atoms with E-state index < -0.39 is 15.8 Å². The fraction of sp³-hybridized carbons (Fsp3) is 0.478. The highest BCUT2D eigenvalue weighted by Crippen LogP contribution is 2.27. The number of hydrogen-bond acceptors (Lipinski definition) is 7. The topological polar surface area (TPSA) is 97.9 Å². The van der Waals surface area contributed by atoms with Gasteiger partial charge in [0.2, 0.25) is 10.0 Å². The molecule has 2 aliphatic heterocycles. The average molecular weight is 473 g/mol. The van der Waals surface area contributed by atoms with Gasteiger partial charge >= 0.3 is 5.76 Å². The molecule has 1 aromatic carbocycles. The van der Waals surface area contributed by atoms with Crippen LogP contribution in [0.5, 0.6) is 5.75 Å². The minimum absolute atomic E-state index is 0.193. The second-order valence-corrected chi connectivity index (χ2v) is 10.7. The molecule has 0 radical (unpaired) electrons. The molecule has 0 aliphatic carbocycles. The van der Waals surface area contributed by atoms with Crippen molar-refractivity contribution in [3.05, 3.63) is 53.3 Å². The molecule has 2 aromatic heterocycles. The van der Waals surface area contributed by atoms with Gasteiger partial charge in [0, 0.05) is 51.7 Å². The third-order valence-corrected chi connectivity index (χ3v) is 8.66. The van der Waals surface area contributed by atoms with Crippen molar-refractivity contribution in [1.82, 2.24) is 18.8 Å². The highest BCUT2D eigenvalue weighted by Gasteiger charge is 2.33. The predicted molar refractivity (Wildman–Crippen MR) is 123 cm³/mol. The van der Waals surface area contributed by atoms with E-state index in [1.807, 2.05) is 12.1 Å². The molecule has 0 atom stereocenters. The number of pyridine rings is 1. The first-order chi connectivity index (χ1) is 15.9. The number of nitrogens with zero attached hydrogens (tertiary/aromatic N) is 4. The lowest BCUT2D eigenvalue weighted by molar-refractivity contribution is 0.0585. The highest BCUT2D eigenvalue weighted by molar-refractivity contribution is 7.89. The maximum Gasteiger partial charge on any atom is 0.419 e. The number of hydrogen-bond donors (Lipinski definition) is 0. The normalized spacial score (nSPS) is 19.8. The summed E-state index contributed by atoms with van der Waals surface area (Å²) in [5.74, 6) is 0.353. The van der Waals surface area contributed by atoms with Gasteiger partial charge in [0.1, 0.15) is 11.9 Å². The quantitative estimate of drug-likeness (QED) is 0.562. The molecule has 2 saturated heterocycles. The number of ether oxygens (including phenoxy) is 1. The molecule has 9 nitrogen and oxygen atoms in total. The molecule has 33 heavy (non-hydrogen) atoms. The maximum absolute atomic E-state index is 13.2. The van der Waals surface area contributed by atoms with Crippen LogP contribution in [0.3, 0.4) is 0 Å². The van der Waals surface area contributed by atoms with E-state index in [0.29, 0.717) is 30.2 Å². The fourth-order valence-corrected chi connectivity index (χ4v) is 6.32. The zero-order valence-electron chi connectivity index (χ0n) is 18.6. The Labute approximate surface area is 192 Å². The van der Waals surface area contributed by atoms with Crippen LogP contribution in [0.15, 0.2) is 56.8 Å². The number of likely N-dealkylation sites (tertiary alicyclic amines) is 1. The summed E-state index contributed by atoms with van der Waals surface area (Å²) in [5.41, 5.74) is 0.865. The van der Waals surface area contributed by atoms with E-state index in [0.717, 1.165) is 44.5 Å². The molecule has 3 aromatic rings. The van der Waals surface area contributed by atoms with Gasteiger partial charge in [-0.05, 0) is 56.0 Å². The van der Waals surface area contributed by atoms with Crippen LogP contribution in [0.25, 0.3) is 11.1 Å². The van der Waals surface area contributed by atoms with Crippen molar-refractivity contribution >= 4 is 21.1 Å². The lowest BCUT2D eigenvalue weighted by Gasteiger charge is -2.41. The number of fused-ring (bicyclic) bond motifs is 1.